The third-order valence-corrected chi connectivity index (χ3v) is 19.6. The standard InChI is InChI=1S/C45H68FNO4S/c1-29(2)33-12-21-45(47-25-16-30-17-26-52(50,51)27-18-30)23-22-43(6)36(39(33)45)10-11-38-42(5)19-13-35(41(3,4)37(42)14-20-44(38,43)7)32-8-9-34(40(48)49)31(28-32)15-24-46/h8,13,15,24,30-31,33-34,36-39,47H,1,9-12,14,16-23,25-28H2,2-7H3,(H,48,49)/b24-15+/t31?,33-,34-,36+,37?,38?,39?,42-,43+,44+,45-/m0/s1. The van der Waals surface area contributed by atoms with Crippen molar-refractivity contribution in [1.29, 1.82) is 0 Å². The molecule has 4 unspecified atom stereocenters. The molecule has 1 aliphatic heterocycles. The summed E-state index contributed by atoms with van der Waals surface area (Å²) in [6.45, 7) is 20.8. The van der Waals surface area contributed by atoms with E-state index in [-0.39, 0.29) is 33.1 Å². The molecule has 4 saturated carbocycles. The maximum absolute atomic E-state index is 13.4. The second-order valence-electron chi connectivity index (χ2n) is 20.3. The molecule has 7 rings (SSSR count). The number of sulfone groups is 1. The lowest BCUT2D eigenvalue weighted by Gasteiger charge is -2.72. The topological polar surface area (TPSA) is 83.5 Å². The van der Waals surface area contributed by atoms with Gasteiger partial charge in [0.2, 0.25) is 0 Å². The van der Waals surface area contributed by atoms with E-state index in [0.29, 0.717) is 66.2 Å². The summed E-state index contributed by atoms with van der Waals surface area (Å²) in [7, 11) is -2.83. The smallest absolute Gasteiger partial charge is 0.307 e. The van der Waals surface area contributed by atoms with Crippen LogP contribution >= 0.6 is 0 Å². The van der Waals surface area contributed by atoms with Gasteiger partial charge in [0.25, 0.3) is 0 Å². The number of aliphatic carboxylic acids is 1. The van der Waals surface area contributed by atoms with Crippen molar-refractivity contribution in [2.45, 2.75) is 137 Å². The van der Waals surface area contributed by atoms with Gasteiger partial charge in [-0.2, -0.15) is 0 Å². The highest BCUT2D eigenvalue weighted by atomic mass is 32.2. The minimum atomic E-state index is -2.83. The molecule has 0 aromatic heterocycles. The lowest BCUT2D eigenvalue weighted by Crippen LogP contribution is -2.68. The van der Waals surface area contributed by atoms with Crippen molar-refractivity contribution in [3.8, 4) is 0 Å². The molecular weight excluding hydrogens is 670 g/mol. The summed E-state index contributed by atoms with van der Waals surface area (Å²) in [5, 5.41) is 14.1. The van der Waals surface area contributed by atoms with E-state index in [1.165, 1.54) is 74.2 Å². The van der Waals surface area contributed by atoms with Crippen molar-refractivity contribution in [3.63, 3.8) is 0 Å². The summed E-state index contributed by atoms with van der Waals surface area (Å²) < 4.78 is 37.6. The zero-order valence-corrected chi connectivity index (χ0v) is 33.9. The van der Waals surface area contributed by atoms with Crippen molar-refractivity contribution in [2.75, 3.05) is 18.1 Å². The van der Waals surface area contributed by atoms with E-state index in [1.807, 2.05) is 0 Å². The number of nitrogens with one attached hydrogen (secondary N) is 1. The average molecular weight is 738 g/mol. The molecule has 290 valence electrons. The number of carboxylic acids is 1. The first kappa shape index (κ1) is 38.5. The molecule has 7 heteroatoms. The van der Waals surface area contributed by atoms with E-state index in [1.54, 1.807) is 0 Å². The van der Waals surface area contributed by atoms with Gasteiger partial charge in [-0.1, -0.05) is 65.0 Å². The van der Waals surface area contributed by atoms with Crippen LogP contribution in [-0.4, -0.2) is 43.1 Å². The Morgan fingerprint density at radius 3 is 2.35 bits per heavy atom. The van der Waals surface area contributed by atoms with Crippen LogP contribution in [0.2, 0.25) is 0 Å². The maximum atomic E-state index is 13.4. The summed E-state index contributed by atoms with van der Waals surface area (Å²) in [6, 6.07) is 0. The molecule has 2 N–H and O–H groups in total. The second-order valence-corrected chi connectivity index (χ2v) is 22.6. The zero-order valence-electron chi connectivity index (χ0n) is 33.1. The number of carboxylic acid groups (broad SMARTS) is 1. The number of carbonyl (C=O) groups is 1. The van der Waals surface area contributed by atoms with E-state index in [0.717, 1.165) is 32.2 Å². The number of halogens is 1. The van der Waals surface area contributed by atoms with E-state index in [2.05, 4.69) is 65.6 Å². The first-order valence-corrected chi connectivity index (χ1v) is 22.8. The molecule has 5 fully saturated rings. The molecule has 0 amide bonds. The van der Waals surface area contributed by atoms with Gasteiger partial charge in [-0.05, 0) is 178 Å². The summed E-state index contributed by atoms with van der Waals surface area (Å²) in [4.78, 5) is 12.0. The van der Waals surface area contributed by atoms with Crippen molar-refractivity contribution in [1.82, 2.24) is 5.32 Å². The average Bonchev–Trinajstić information content (AvgIpc) is 3.46. The van der Waals surface area contributed by atoms with Gasteiger partial charge in [0.1, 0.15) is 9.84 Å². The monoisotopic (exact) mass is 737 g/mol. The van der Waals surface area contributed by atoms with Crippen molar-refractivity contribution in [2.24, 2.45) is 69.0 Å². The highest BCUT2D eigenvalue weighted by Crippen LogP contribution is 2.76. The number of hydrogen-bond donors (Lipinski definition) is 2. The molecular formula is C45H68FNO4S. The Balaban J connectivity index is 1.14. The molecule has 1 saturated heterocycles. The van der Waals surface area contributed by atoms with Gasteiger partial charge in [-0.15, -0.1) is 0 Å². The SMILES string of the molecule is C=C(C)[C@@H]1CC[C@]2(NCCC3CCS(=O)(=O)CC3)CC[C@]3(C)[C@H](CCC4[C@@]5(C)CC=C(C6=CC[C@H](C(=O)O)C(/C=C/F)C6)C(C)(C)C5CC[C@]43C)C12. The van der Waals surface area contributed by atoms with Crippen LogP contribution in [0.4, 0.5) is 4.39 Å². The number of allylic oxidation sites excluding steroid dienone is 6. The van der Waals surface area contributed by atoms with Gasteiger partial charge in [0, 0.05) is 5.54 Å². The fourth-order valence-electron chi connectivity index (χ4n) is 15.1. The first-order chi connectivity index (χ1) is 24.4. The van der Waals surface area contributed by atoms with E-state index in [4.69, 9.17) is 0 Å². The van der Waals surface area contributed by atoms with E-state index in [9.17, 15) is 22.7 Å². The van der Waals surface area contributed by atoms with Gasteiger partial charge in [0.15, 0.2) is 0 Å². The number of fused-ring (bicyclic) bond motifs is 7. The molecule has 5 nitrogen and oxygen atoms in total. The summed E-state index contributed by atoms with van der Waals surface area (Å²) in [5.41, 5.74) is 4.81. The van der Waals surface area contributed by atoms with Crippen molar-refractivity contribution >= 4 is 15.8 Å². The number of rotatable bonds is 8. The third-order valence-electron chi connectivity index (χ3n) is 17.9. The summed E-state index contributed by atoms with van der Waals surface area (Å²) >= 11 is 0. The lowest BCUT2D eigenvalue weighted by molar-refractivity contribution is -0.221. The quantitative estimate of drug-likeness (QED) is 0.242. The third kappa shape index (κ3) is 5.98. The summed E-state index contributed by atoms with van der Waals surface area (Å²) in [6.07, 6.45) is 21.5. The fourth-order valence-corrected chi connectivity index (χ4v) is 16.7. The molecule has 7 aliphatic rings. The Morgan fingerprint density at radius 1 is 0.942 bits per heavy atom. The molecule has 0 radical (unpaired) electrons. The molecule has 52 heavy (non-hydrogen) atoms. The lowest BCUT2D eigenvalue weighted by atomic mass is 9.33. The van der Waals surface area contributed by atoms with Crippen molar-refractivity contribution < 1.29 is 22.7 Å². The fraction of sp³-hybridized carbons (Fsp3) is 0.800. The van der Waals surface area contributed by atoms with Crippen LogP contribution in [0, 0.1) is 69.0 Å². The Morgan fingerprint density at radius 2 is 1.67 bits per heavy atom. The van der Waals surface area contributed by atoms with Gasteiger partial charge in [-0.25, -0.2) is 12.8 Å². The minimum Gasteiger partial charge on any atom is -0.481 e. The predicted octanol–water partition coefficient (Wildman–Crippen LogP) is 10.3. The Hall–Kier alpha value is -1.73. The van der Waals surface area contributed by atoms with Crippen LogP contribution in [0.25, 0.3) is 0 Å². The van der Waals surface area contributed by atoms with Crippen molar-refractivity contribution in [3.05, 3.63) is 47.9 Å². The minimum absolute atomic E-state index is 0.0391. The molecule has 0 aromatic rings. The van der Waals surface area contributed by atoms with Crippen LogP contribution < -0.4 is 5.32 Å². The summed E-state index contributed by atoms with van der Waals surface area (Å²) in [5.74, 6) is 2.54. The molecule has 0 aromatic carbocycles. The molecule has 1 heterocycles. The Bertz CT molecular complexity index is 1630. The largest absolute Gasteiger partial charge is 0.481 e. The van der Waals surface area contributed by atoms with Crippen LogP contribution in [-0.2, 0) is 14.6 Å². The highest BCUT2D eigenvalue weighted by Gasteiger charge is 2.70. The first-order valence-electron chi connectivity index (χ1n) is 20.9. The second kappa shape index (κ2) is 13.5. The molecule has 0 spiro atoms. The molecule has 11 atom stereocenters. The van der Waals surface area contributed by atoms with E-state index >= 15 is 0 Å². The van der Waals surface area contributed by atoms with E-state index < -0.39 is 21.7 Å². The molecule has 0 bridgehead atoms. The van der Waals surface area contributed by atoms with Gasteiger partial charge < -0.3 is 10.4 Å². The normalized spacial score (nSPS) is 45.6. The van der Waals surface area contributed by atoms with Crippen LogP contribution in [0.3, 0.4) is 0 Å². The van der Waals surface area contributed by atoms with Crippen LogP contribution in [0.15, 0.2) is 47.9 Å². The molecule has 6 aliphatic carbocycles. The Labute approximate surface area is 314 Å². The Kier molecular flexibility index (Phi) is 9.99. The maximum Gasteiger partial charge on any atom is 0.307 e. The van der Waals surface area contributed by atoms with Crippen LogP contribution in [0.1, 0.15) is 131 Å². The highest BCUT2D eigenvalue weighted by molar-refractivity contribution is 7.91. The van der Waals surface area contributed by atoms with Gasteiger partial charge >= 0.3 is 5.97 Å². The zero-order chi connectivity index (χ0) is 37.5. The van der Waals surface area contributed by atoms with Crippen LogP contribution in [0.5, 0.6) is 0 Å². The number of hydrogen-bond acceptors (Lipinski definition) is 4. The predicted molar refractivity (Wildman–Crippen MR) is 209 cm³/mol. The van der Waals surface area contributed by atoms with Gasteiger partial charge in [-0.3, -0.25) is 4.79 Å². The van der Waals surface area contributed by atoms with Gasteiger partial charge in [0.05, 0.1) is 23.8 Å².